The van der Waals surface area contributed by atoms with E-state index >= 15 is 0 Å². The lowest BCUT2D eigenvalue weighted by atomic mass is 9.85. The first kappa shape index (κ1) is 17.2. The van der Waals surface area contributed by atoms with Crippen molar-refractivity contribution in [3.8, 4) is 0 Å². The minimum atomic E-state index is -0.799. The van der Waals surface area contributed by atoms with Gasteiger partial charge >= 0.3 is 11.9 Å². The molecule has 0 aromatic heterocycles. The molecule has 2 saturated heterocycles. The molecule has 7 nitrogen and oxygen atoms in total. The summed E-state index contributed by atoms with van der Waals surface area (Å²) < 4.78 is 10.2. The van der Waals surface area contributed by atoms with Crippen LogP contribution in [0.2, 0.25) is 0 Å². The number of rotatable bonds is 4. The number of piperidine rings is 1. The van der Waals surface area contributed by atoms with Crippen molar-refractivity contribution in [3.05, 3.63) is 0 Å². The zero-order valence-electron chi connectivity index (χ0n) is 13.6. The summed E-state index contributed by atoms with van der Waals surface area (Å²) in [6, 6.07) is 0. The van der Waals surface area contributed by atoms with E-state index in [0.717, 1.165) is 52.2 Å². The van der Waals surface area contributed by atoms with Crippen molar-refractivity contribution in [2.45, 2.75) is 25.3 Å². The fraction of sp³-hybridized carbons (Fsp3) is 0.867. The van der Waals surface area contributed by atoms with Gasteiger partial charge in [-0.15, -0.1) is 0 Å². The Bertz CT molecular complexity index is 388. The monoisotopic (exact) mass is 313 g/mol. The Kier molecular flexibility index (Phi) is 6.16. The number of amides is 1. The van der Waals surface area contributed by atoms with Crippen LogP contribution in [0, 0.1) is 0 Å². The van der Waals surface area contributed by atoms with Crippen LogP contribution in [0.5, 0.6) is 0 Å². The van der Waals surface area contributed by atoms with Crippen LogP contribution in [0.15, 0.2) is 0 Å². The number of morpholine rings is 1. The average Bonchev–Trinajstić information content (AvgIpc) is 2.55. The second-order valence-corrected chi connectivity index (χ2v) is 6.03. The van der Waals surface area contributed by atoms with E-state index in [2.05, 4.69) is 22.2 Å². The Morgan fingerprint density at radius 2 is 1.82 bits per heavy atom. The van der Waals surface area contributed by atoms with Gasteiger partial charge in [0.15, 0.2) is 0 Å². The second-order valence-electron chi connectivity index (χ2n) is 6.03. The molecule has 2 rings (SSSR count). The fourth-order valence-corrected chi connectivity index (χ4v) is 3.19. The number of hydrogen-bond donors (Lipinski definition) is 1. The van der Waals surface area contributed by atoms with Gasteiger partial charge in [-0.25, -0.2) is 4.79 Å². The molecule has 1 amide bonds. The van der Waals surface area contributed by atoms with Gasteiger partial charge in [0.05, 0.1) is 19.8 Å². The zero-order valence-corrected chi connectivity index (χ0v) is 13.6. The molecule has 0 saturated carbocycles. The molecule has 126 valence electrons. The van der Waals surface area contributed by atoms with Gasteiger partial charge in [-0.3, -0.25) is 9.69 Å². The molecule has 0 aromatic rings. The quantitative estimate of drug-likeness (QED) is 0.555. The molecule has 2 heterocycles. The molecular weight excluding hydrogens is 286 g/mol. The Balaban J connectivity index is 1.98. The highest BCUT2D eigenvalue weighted by atomic mass is 16.5. The number of ether oxygens (including phenoxy) is 2. The molecule has 2 aliphatic rings. The average molecular weight is 313 g/mol. The molecule has 0 aliphatic carbocycles. The van der Waals surface area contributed by atoms with Crippen LogP contribution in [0.25, 0.3) is 0 Å². The van der Waals surface area contributed by atoms with Crippen LogP contribution in [0.1, 0.15) is 19.8 Å². The van der Waals surface area contributed by atoms with E-state index in [1.165, 1.54) is 0 Å². The van der Waals surface area contributed by atoms with Crippen LogP contribution in [0.4, 0.5) is 0 Å². The first-order valence-corrected chi connectivity index (χ1v) is 8.04. The van der Waals surface area contributed by atoms with Gasteiger partial charge in [0.1, 0.15) is 0 Å². The van der Waals surface area contributed by atoms with Gasteiger partial charge in [-0.2, -0.15) is 0 Å². The molecular formula is C15H27N3O4. The lowest BCUT2D eigenvalue weighted by Gasteiger charge is -2.49. The van der Waals surface area contributed by atoms with E-state index in [4.69, 9.17) is 9.47 Å². The molecule has 0 unspecified atom stereocenters. The molecule has 0 aromatic carbocycles. The smallest absolute Gasteiger partial charge is 0.396 e. The predicted octanol–water partition coefficient (Wildman–Crippen LogP) is -0.538. The number of nitrogens with one attached hydrogen (secondary N) is 1. The van der Waals surface area contributed by atoms with E-state index in [1.807, 2.05) is 0 Å². The summed E-state index contributed by atoms with van der Waals surface area (Å²) in [5.41, 5.74) is -0.0849. The molecule has 0 atom stereocenters. The van der Waals surface area contributed by atoms with Crippen molar-refractivity contribution in [2.24, 2.45) is 0 Å². The molecule has 22 heavy (non-hydrogen) atoms. The minimum absolute atomic E-state index is 0.0849. The van der Waals surface area contributed by atoms with Gasteiger partial charge in [0.25, 0.3) is 0 Å². The van der Waals surface area contributed by atoms with E-state index < -0.39 is 11.9 Å². The molecule has 0 bridgehead atoms. The van der Waals surface area contributed by atoms with Crippen molar-refractivity contribution in [3.63, 3.8) is 0 Å². The normalized spacial score (nSPS) is 23.0. The Morgan fingerprint density at radius 3 is 2.41 bits per heavy atom. The van der Waals surface area contributed by atoms with Crippen LogP contribution >= 0.6 is 0 Å². The fourth-order valence-electron chi connectivity index (χ4n) is 3.19. The van der Waals surface area contributed by atoms with Crippen LogP contribution in [-0.4, -0.2) is 86.8 Å². The molecule has 1 N–H and O–H groups in total. The Labute approximate surface area is 131 Å². The van der Waals surface area contributed by atoms with Crippen molar-refractivity contribution < 1.29 is 19.1 Å². The van der Waals surface area contributed by atoms with E-state index in [9.17, 15) is 9.59 Å². The highest BCUT2D eigenvalue weighted by Crippen LogP contribution is 2.28. The number of likely N-dealkylation sites (tertiary alicyclic amines) is 1. The number of esters is 1. The lowest BCUT2D eigenvalue weighted by Crippen LogP contribution is -2.63. The topological polar surface area (TPSA) is 71.1 Å². The molecule has 0 radical (unpaired) electrons. The van der Waals surface area contributed by atoms with Gasteiger partial charge < -0.3 is 19.7 Å². The molecule has 2 aliphatic heterocycles. The maximum atomic E-state index is 11.8. The summed E-state index contributed by atoms with van der Waals surface area (Å²) in [7, 11) is 2.11. The van der Waals surface area contributed by atoms with Crippen molar-refractivity contribution >= 4 is 11.9 Å². The summed E-state index contributed by atoms with van der Waals surface area (Å²) in [5.74, 6) is -1.44. The predicted molar refractivity (Wildman–Crippen MR) is 81.5 cm³/mol. The lowest BCUT2D eigenvalue weighted by molar-refractivity contribution is -0.155. The van der Waals surface area contributed by atoms with Crippen LogP contribution < -0.4 is 5.32 Å². The van der Waals surface area contributed by atoms with E-state index in [1.54, 1.807) is 6.92 Å². The molecule has 2 fully saturated rings. The van der Waals surface area contributed by atoms with Crippen molar-refractivity contribution in [1.82, 2.24) is 15.1 Å². The zero-order chi connectivity index (χ0) is 16.0. The molecule has 7 heteroatoms. The van der Waals surface area contributed by atoms with Crippen molar-refractivity contribution in [1.29, 1.82) is 0 Å². The van der Waals surface area contributed by atoms with E-state index in [-0.39, 0.29) is 12.1 Å². The standard InChI is InChI=1S/C15H27N3O4/c1-3-22-14(20)13(19)16-12-15(4-6-17(2)7-5-15)18-8-10-21-11-9-18/h3-12H2,1-2H3,(H,16,19). The summed E-state index contributed by atoms with van der Waals surface area (Å²) in [4.78, 5) is 28.0. The van der Waals surface area contributed by atoms with Gasteiger partial charge in [-0.1, -0.05) is 0 Å². The van der Waals surface area contributed by atoms with E-state index in [0.29, 0.717) is 6.54 Å². The highest BCUT2D eigenvalue weighted by molar-refractivity contribution is 6.32. The number of carbonyl (C=O) groups is 2. The maximum Gasteiger partial charge on any atom is 0.396 e. The van der Waals surface area contributed by atoms with Crippen molar-refractivity contribution in [2.75, 3.05) is 59.6 Å². The number of carbonyl (C=O) groups excluding carboxylic acids is 2. The first-order valence-electron chi connectivity index (χ1n) is 8.04. The summed E-state index contributed by atoms with van der Waals surface area (Å²) in [6.07, 6.45) is 1.96. The maximum absolute atomic E-state index is 11.8. The summed E-state index contributed by atoms with van der Waals surface area (Å²) in [5, 5.41) is 2.78. The second kappa shape index (κ2) is 7.89. The number of nitrogens with zero attached hydrogens (tertiary/aromatic N) is 2. The van der Waals surface area contributed by atoms with Gasteiger partial charge in [0.2, 0.25) is 0 Å². The van der Waals surface area contributed by atoms with Gasteiger partial charge in [0, 0.05) is 25.2 Å². The molecule has 0 spiro atoms. The summed E-state index contributed by atoms with van der Waals surface area (Å²) >= 11 is 0. The minimum Gasteiger partial charge on any atom is -0.459 e. The largest absolute Gasteiger partial charge is 0.459 e. The third-order valence-electron chi connectivity index (χ3n) is 4.64. The van der Waals surface area contributed by atoms with Crippen LogP contribution in [0.3, 0.4) is 0 Å². The summed E-state index contributed by atoms with van der Waals surface area (Å²) in [6.45, 7) is 7.57. The Morgan fingerprint density at radius 1 is 1.18 bits per heavy atom. The first-order chi connectivity index (χ1) is 10.6. The Hall–Kier alpha value is -1.18. The third-order valence-corrected chi connectivity index (χ3v) is 4.64. The number of hydrogen-bond acceptors (Lipinski definition) is 6. The van der Waals surface area contributed by atoms with Gasteiger partial charge in [-0.05, 0) is 39.9 Å². The van der Waals surface area contributed by atoms with Crippen LogP contribution in [-0.2, 0) is 19.1 Å². The highest BCUT2D eigenvalue weighted by Gasteiger charge is 2.40. The third kappa shape index (κ3) is 4.18. The SMILES string of the molecule is CCOC(=O)C(=O)NCC1(N2CCOCC2)CCN(C)CC1.